The van der Waals surface area contributed by atoms with Crippen LogP contribution >= 0.6 is 0 Å². The monoisotopic (exact) mass is 205 g/mol. The zero-order chi connectivity index (χ0) is 10.7. The number of hydrogen-bond donors (Lipinski definition) is 6. The standard InChI is InChI=1S/C7H15N3O4/c8-7-9-1-3(11)5(13)6(14)4(12)2-10-7/h3-6,11-14H,1-2H2,(H3,8,9,10)/t3-,4-,5+,6+/m0/s1. The minimum atomic E-state index is -1.43. The molecule has 82 valence electrons. The number of β-amino-alcohol motifs (C(OH)–C–C–N with tert-alkyl or cyclic N) is 1. The Morgan fingerprint density at radius 2 is 1.71 bits per heavy atom. The molecule has 0 aromatic rings. The molecule has 0 radical (unpaired) electrons. The summed E-state index contributed by atoms with van der Waals surface area (Å²) in [7, 11) is 0. The summed E-state index contributed by atoms with van der Waals surface area (Å²) in [5, 5.41) is 39.8. The van der Waals surface area contributed by atoms with Crippen LogP contribution in [0.1, 0.15) is 0 Å². The van der Waals surface area contributed by atoms with E-state index >= 15 is 0 Å². The smallest absolute Gasteiger partial charge is 0.188 e. The summed E-state index contributed by atoms with van der Waals surface area (Å²) in [5.41, 5.74) is 5.34. The van der Waals surface area contributed by atoms with E-state index < -0.39 is 24.4 Å². The van der Waals surface area contributed by atoms with E-state index in [1.165, 1.54) is 0 Å². The summed E-state index contributed by atoms with van der Waals surface area (Å²) >= 11 is 0. The van der Waals surface area contributed by atoms with Gasteiger partial charge in [0.2, 0.25) is 0 Å². The van der Waals surface area contributed by atoms with Gasteiger partial charge in [-0.3, -0.25) is 4.99 Å². The molecule has 1 rings (SSSR count). The zero-order valence-electron chi connectivity index (χ0n) is 7.54. The van der Waals surface area contributed by atoms with Gasteiger partial charge in [0.25, 0.3) is 0 Å². The Hall–Kier alpha value is -0.890. The molecule has 1 aliphatic heterocycles. The van der Waals surface area contributed by atoms with E-state index in [-0.39, 0.29) is 19.0 Å². The topological polar surface area (TPSA) is 131 Å². The fourth-order valence-corrected chi connectivity index (χ4v) is 1.14. The molecule has 0 aromatic carbocycles. The molecule has 0 spiro atoms. The molecule has 4 atom stereocenters. The highest BCUT2D eigenvalue weighted by Gasteiger charge is 2.31. The van der Waals surface area contributed by atoms with Crippen molar-refractivity contribution >= 4 is 5.96 Å². The largest absolute Gasteiger partial charge is 0.388 e. The number of rotatable bonds is 0. The van der Waals surface area contributed by atoms with Gasteiger partial charge in [-0.15, -0.1) is 0 Å². The van der Waals surface area contributed by atoms with Crippen LogP contribution in [0.5, 0.6) is 0 Å². The van der Waals surface area contributed by atoms with E-state index in [9.17, 15) is 20.4 Å². The normalized spacial score (nSPS) is 40.1. The van der Waals surface area contributed by atoms with E-state index in [0.29, 0.717) is 0 Å². The van der Waals surface area contributed by atoms with Gasteiger partial charge in [-0.25, -0.2) is 0 Å². The summed E-state index contributed by atoms with van der Waals surface area (Å²) < 4.78 is 0. The first-order chi connectivity index (χ1) is 6.52. The average molecular weight is 205 g/mol. The van der Waals surface area contributed by atoms with Crippen molar-refractivity contribution in [1.29, 1.82) is 0 Å². The molecule has 0 bridgehead atoms. The zero-order valence-corrected chi connectivity index (χ0v) is 7.54. The molecule has 0 saturated carbocycles. The number of guanidine groups is 1. The van der Waals surface area contributed by atoms with Gasteiger partial charge in [-0.05, 0) is 0 Å². The highest BCUT2D eigenvalue weighted by molar-refractivity contribution is 5.77. The number of nitrogens with one attached hydrogen (secondary N) is 1. The Bertz CT molecular complexity index is 223. The van der Waals surface area contributed by atoms with Gasteiger partial charge < -0.3 is 31.5 Å². The molecule has 1 aliphatic rings. The number of nitrogens with zero attached hydrogens (tertiary/aromatic N) is 1. The minimum Gasteiger partial charge on any atom is -0.388 e. The molecule has 0 unspecified atom stereocenters. The molecular formula is C7H15N3O4. The Morgan fingerprint density at radius 3 is 2.36 bits per heavy atom. The van der Waals surface area contributed by atoms with Gasteiger partial charge in [0.1, 0.15) is 18.3 Å². The molecular weight excluding hydrogens is 190 g/mol. The van der Waals surface area contributed by atoms with E-state index in [2.05, 4.69) is 10.3 Å². The quantitative estimate of drug-likeness (QED) is 0.242. The van der Waals surface area contributed by atoms with Crippen molar-refractivity contribution in [2.45, 2.75) is 24.4 Å². The van der Waals surface area contributed by atoms with Crippen LogP contribution in [0, 0.1) is 0 Å². The van der Waals surface area contributed by atoms with Crippen molar-refractivity contribution < 1.29 is 20.4 Å². The van der Waals surface area contributed by atoms with Gasteiger partial charge in [0.15, 0.2) is 5.96 Å². The lowest BCUT2D eigenvalue weighted by Crippen LogP contribution is -2.48. The van der Waals surface area contributed by atoms with Crippen molar-refractivity contribution in [3.8, 4) is 0 Å². The molecule has 0 saturated heterocycles. The van der Waals surface area contributed by atoms with Crippen molar-refractivity contribution in [3.05, 3.63) is 0 Å². The summed E-state index contributed by atoms with van der Waals surface area (Å²) in [6.45, 7) is -0.149. The minimum absolute atomic E-state index is 0.0275. The lowest BCUT2D eigenvalue weighted by molar-refractivity contribution is -0.0990. The summed E-state index contributed by atoms with van der Waals surface area (Å²) in [5.74, 6) is 0.0596. The third kappa shape index (κ3) is 2.55. The first kappa shape index (κ1) is 11.2. The molecule has 7 nitrogen and oxygen atoms in total. The van der Waals surface area contributed by atoms with Crippen molar-refractivity contribution in [2.75, 3.05) is 13.1 Å². The van der Waals surface area contributed by atoms with Crippen LogP contribution < -0.4 is 11.1 Å². The molecule has 7 N–H and O–H groups in total. The van der Waals surface area contributed by atoms with Gasteiger partial charge in [0, 0.05) is 6.54 Å². The summed E-state index contributed by atoms with van der Waals surface area (Å²) in [6.07, 6.45) is -5.29. The fourth-order valence-electron chi connectivity index (χ4n) is 1.14. The van der Waals surface area contributed by atoms with Crippen LogP contribution in [0.15, 0.2) is 4.99 Å². The van der Waals surface area contributed by atoms with Crippen LogP contribution in [0.2, 0.25) is 0 Å². The van der Waals surface area contributed by atoms with Crippen molar-refractivity contribution in [3.63, 3.8) is 0 Å². The third-order valence-corrected chi connectivity index (χ3v) is 2.08. The molecule has 0 fully saturated rings. The van der Waals surface area contributed by atoms with E-state index in [0.717, 1.165) is 0 Å². The molecule has 0 amide bonds. The molecule has 1 heterocycles. The first-order valence-corrected chi connectivity index (χ1v) is 4.28. The van der Waals surface area contributed by atoms with Crippen LogP contribution in [-0.2, 0) is 0 Å². The highest BCUT2D eigenvalue weighted by Crippen LogP contribution is 2.06. The van der Waals surface area contributed by atoms with E-state index in [1.807, 2.05) is 0 Å². The lowest BCUT2D eigenvalue weighted by atomic mass is 10.0. The number of aliphatic hydroxyl groups excluding tert-OH is 4. The molecule has 0 aliphatic carbocycles. The van der Waals surface area contributed by atoms with Gasteiger partial charge in [0.05, 0.1) is 12.6 Å². The average Bonchev–Trinajstić information content (AvgIpc) is 2.21. The second-order valence-corrected chi connectivity index (χ2v) is 3.22. The first-order valence-electron chi connectivity index (χ1n) is 4.28. The van der Waals surface area contributed by atoms with Crippen LogP contribution in [-0.4, -0.2) is 63.9 Å². The second kappa shape index (κ2) is 4.56. The molecule has 14 heavy (non-hydrogen) atoms. The lowest BCUT2D eigenvalue weighted by Gasteiger charge is -2.24. The Morgan fingerprint density at radius 1 is 1.14 bits per heavy atom. The highest BCUT2D eigenvalue weighted by atomic mass is 16.4. The van der Waals surface area contributed by atoms with Crippen molar-refractivity contribution in [1.82, 2.24) is 5.32 Å². The predicted octanol–water partition coefficient (Wildman–Crippen LogP) is -3.65. The maximum atomic E-state index is 9.34. The van der Waals surface area contributed by atoms with E-state index in [4.69, 9.17) is 5.73 Å². The third-order valence-electron chi connectivity index (χ3n) is 2.08. The number of aliphatic imine (C=N–C) groups is 1. The van der Waals surface area contributed by atoms with Gasteiger partial charge in [-0.2, -0.15) is 0 Å². The van der Waals surface area contributed by atoms with Gasteiger partial charge >= 0.3 is 0 Å². The van der Waals surface area contributed by atoms with Crippen LogP contribution in [0.3, 0.4) is 0 Å². The van der Waals surface area contributed by atoms with E-state index in [1.54, 1.807) is 0 Å². The molecule has 0 aromatic heterocycles. The Kier molecular flexibility index (Phi) is 3.64. The van der Waals surface area contributed by atoms with Crippen molar-refractivity contribution in [2.24, 2.45) is 10.7 Å². The summed E-state index contributed by atoms with van der Waals surface area (Å²) in [4.78, 5) is 3.70. The number of nitrogens with two attached hydrogens (primary N) is 1. The number of aliphatic hydroxyl groups is 4. The fraction of sp³-hybridized carbons (Fsp3) is 0.857. The SMILES string of the molecule is NC1=NC[C@H](O)[C@@H](O)[C@H](O)[C@@H](O)CN1. The summed E-state index contributed by atoms with van der Waals surface area (Å²) in [6, 6.07) is 0. The predicted molar refractivity (Wildman–Crippen MR) is 48.5 cm³/mol. The second-order valence-electron chi connectivity index (χ2n) is 3.22. The maximum absolute atomic E-state index is 9.34. The molecule has 7 heteroatoms. The van der Waals surface area contributed by atoms with Gasteiger partial charge in [-0.1, -0.05) is 0 Å². The Balaban J connectivity index is 2.73. The number of hydrogen-bond acceptors (Lipinski definition) is 7. The van der Waals surface area contributed by atoms with Crippen LogP contribution in [0.4, 0.5) is 0 Å². The maximum Gasteiger partial charge on any atom is 0.188 e. The Labute approximate surface area is 80.9 Å². The van der Waals surface area contributed by atoms with Crippen LogP contribution in [0.25, 0.3) is 0 Å².